The van der Waals surface area contributed by atoms with E-state index in [0.717, 1.165) is 17.9 Å². The second kappa shape index (κ2) is 5.58. The summed E-state index contributed by atoms with van der Waals surface area (Å²) in [5.41, 5.74) is 3.74. The molecule has 0 heterocycles. The molecule has 2 aromatic carbocycles. The summed E-state index contributed by atoms with van der Waals surface area (Å²) in [6.07, 6.45) is 0.925. The van der Waals surface area contributed by atoms with Crippen LogP contribution in [0.2, 0.25) is 0 Å². The van der Waals surface area contributed by atoms with Crippen molar-refractivity contribution < 1.29 is 9.47 Å². The van der Waals surface area contributed by atoms with Crippen LogP contribution in [0.25, 0.3) is 0 Å². The molecule has 0 fully saturated rings. The van der Waals surface area contributed by atoms with E-state index in [1.165, 1.54) is 16.7 Å². The molecule has 0 aliphatic rings. The second-order valence-corrected chi connectivity index (χ2v) is 4.33. The first-order chi connectivity index (χ1) is 8.72. The molecule has 2 heteroatoms. The van der Waals surface area contributed by atoms with Crippen LogP contribution in [0.3, 0.4) is 0 Å². The molecule has 0 N–H and O–H groups in total. The molecule has 0 saturated heterocycles. The number of ether oxygens (including phenoxy) is 2. The summed E-state index contributed by atoms with van der Waals surface area (Å²) in [4.78, 5) is 0. The maximum Gasteiger partial charge on any atom is 0.121 e. The molecular formula is C16H18O2. The number of rotatable bonds is 4. The maximum absolute atomic E-state index is 5.26. The Hall–Kier alpha value is -1.96. The van der Waals surface area contributed by atoms with Crippen molar-refractivity contribution >= 4 is 0 Å². The van der Waals surface area contributed by atoms with Gasteiger partial charge in [-0.25, -0.2) is 0 Å². The van der Waals surface area contributed by atoms with Gasteiger partial charge in [0.15, 0.2) is 0 Å². The highest BCUT2D eigenvalue weighted by molar-refractivity contribution is 5.39. The number of hydrogen-bond acceptors (Lipinski definition) is 2. The topological polar surface area (TPSA) is 18.5 Å². The molecule has 0 saturated carbocycles. The van der Waals surface area contributed by atoms with E-state index in [1.807, 2.05) is 18.2 Å². The Bertz CT molecular complexity index is 515. The van der Waals surface area contributed by atoms with Gasteiger partial charge in [-0.3, -0.25) is 0 Å². The van der Waals surface area contributed by atoms with Gasteiger partial charge in [-0.05, 0) is 48.2 Å². The number of benzene rings is 2. The van der Waals surface area contributed by atoms with Gasteiger partial charge >= 0.3 is 0 Å². The average Bonchev–Trinajstić information content (AvgIpc) is 2.40. The Morgan fingerprint density at radius 1 is 0.833 bits per heavy atom. The highest BCUT2D eigenvalue weighted by atomic mass is 16.5. The Labute approximate surface area is 108 Å². The minimum absolute atomic E-state index is 0.893. The molecule has 2 rings (SSSR count). The van der Waals surface area contributed by atoms with E-state index in [2.05, 4.69) is 31.2 Å². The lowest BCUT2D eigenvalue weighted by Crippen LogP contribution is -1.92. The quantitative estimate of drug-likeness (QED) is 0.815. The SMILES string of the molecule is COc1ccc(Cc2ccc(OC)c(C)c2)cc1. The summed E-state index contributed by atoms with van der Waals surface area (Å²) in [6, 6.07) is 14.5. The summed E-state index contributed by atoms with van der Waals surface area (Å²) in [7, 11) is 3.38. The zero-order valence-electron chi connectivity index (χ0n) is 11.1. The molecule has 0 bridgehead atoms. The van der Waals surface area contributed by atoms with Gasteiger partial charge in [0.1, 0.15) is 11.5 Å². The third-order valence-electron chi connectivity index (χ3n) is 3.03. The zero-order valence-corrected chi connectivity index (χ0v) is 11.1. The average molecular weight is 242 g/mol. The van der Waals surface area contributed by atoms with Crippen LogP contribution < -0.4 is 9.47 Å². The third kappa shape index (κ3) is 2.83. The molecule has 0 unspecified atom stereocenters. The number of hydrogen-bond donors (Lipinski definition) is 0. The van der Waals surface area contributed by atoms with Crippen molar-refractivity contribution in [3.05, 3.63) is 59.2 Å². The fourth-order valence-electron chi connectivity index (χ4n) is 2.03. The standard InChI is InChI=1S/C16H18O2/c1-12-10-14(6-9-16(12)18-3)11-13-4-7-15(17-2)8-5-13/h4-10H,11H2,1-3H3. The van der Waals surface area contributed by atoms with Gasteiger partial charge in [-0.2, -0.15) is 0 Å². The van der Waals surface area contributed by atoms with E-state index in [9.17, 15) is 0 Å². The maximum atomic E-state index is 5.26. The second-order valence-electron chi connectivity index (χ2n) is 4.33. The molecule has 0 aromatic heterocycles. The van der Waals surface area contributed by atoms with Gasteiger partial charge in [0, 0.05) is 0 Å². The molecule has 0 aliphatic heterocycles. The number of aryl methyl sites for hydroxylation is 1. The molecule has 0 amide bonds. The van der Waals surface area contributed by atoms with E-state index >= 15 is 0 Å². The fourth-order valence-corrected chi connectivity index (χ4v) is 2.03. The molecule has 0 aliphatic carbocycles. The molecule has 0 spiro atoms. The van der Waals surface area contributed by atoms with Crippen molar-refractivity contribution in [2.75, 3.05) is 14.2 Å². The minimum atomic E-state index is 0.893. The van der Waals surface area contributed by atoms with Crippen LogP contribution in [-0.4, -0.2) is 14.2 Å². The Balaban J connectivity index is 2.15. The Morgan fingerprint density at radius 2 is 1.50 bits per heavy atom. The van der Waals surface area contributed by atoms with Crippen molar-refractivity contribution in [1.82, 2.24) is 0 Å². The molecule has 2 aromatic rings. The van der Waals surface area contributed by atoms with E-state index in [0.29, 0.717) is 0 Å². The van der Waals surface area contributed by atoms with Crippen molar-refractivity contribution in [1.29, 1.82) is 0 Å². The molecular weight excluding hydrogens is 224 g/mol. The first kappa shape index (κ1) is 12.5. The first-order valence-corrected chi connectivity index (χ1v) is 5.99. The molecule has 2 nitrogen and oxygen atoms in total. The van der Waals surface area contributed by atoms with Crippen molar-refractivity contribution in [2.45, 2.75) is 13.3 Å². The fraction of sp³-hybridized carbons (Fsp3) is 0.250. The van der Waals surface area contributed by atoms with Crippen LogP contribution in [0.15, 0.2) is 42.5 Å². The predicted octanol–water partition coefficient (Wildman–Crippen LogP) is 3.60. The van der Waals surface area contributed by atoms with Crippen LogP contribution in [0.1, 0.15) is 16.7 Å². The van der Waals surface area contributed by atoms with E-state index < -0.39 is 0 Å². The van der Waals surface area contributed by atoms with Crippen LogP contribution in [0.5, 0.6) is 11.5 Å². The normalized spacial score (nSPS) is 10.2. The van der Waals surface area contributed by atoms with Gasteiger partial charge < -0.3 is 9.47 Å². The molecule has 0 atom stereocenters. The van der Waals surface area contributed by atoms with Crippen LogP contribution in [0, 0.1) is 6.92 Å². The molecule has 18 heavy (non-hydrogen) atoms. The lowest BCUT2D eigenvalue weighted by Gasteiger charge is -2.08. The monoisotopic (exact) mass is 242 g/mol. The summed E-state index contributed by atoms with van der Waals surface area (Å²) in [5, 5.41) is 0. The summed E-state index contributed by atoms with van der Waals surface area (Å²) < 4.78 is 10.4. The lowest BCUT2D eigenvalue weighted by atomic mass is 10.0. The van der Waals surface area contributed by atoms with Gasteiger partial charge in [-0.1, -0.05) is 24.3 Å². The van der Waals surface area contributed by atoms with Gasteiger partial charge in [-0.15, -0.1) is 0 Å². The summed E-state index contributed by atoms with van der Waals surface area (Å²) in [6.45, 7) is 2.07. The lowest BCUT2D eigenvalue weighted by molar-refractivity contribution is 0.411. The third-order valence-corrected chi connectivity index (χ3v) is 3.03. The Morgan fingerprint density at radius 3 is 2.06 bits per heavy atom. The molecule has 0 radical (unpaired) electrons. The van der Waals surface area contributed by atoms with Gasteiger partial charge in [0.25, 0.3) is 0 Å². The molecule has 94 valence electrons. The van der Waals surface area contributed by atoms with Crippen molar-refractivity contribution in [3.63, 3.8) is 0 Å². The zero-order chi connectivity index (χ0) is 13.0. The summed E-state index contributed by atoms with van der Waals surface area (Å²) in [5.74, 6) is 1.83. The van der Waals surface area contributed by atoms with Crippen molar-refractivity contribution in [3.8, 4) is 11.5 Å². The Kier molecular flexibility index (Phi) is 3.88. The predicted molar refractivity (Wildman–Crippen MR) is 73.5 cm³/mol. The van der Waals surface area contributed by atoms with E-state index in [4.69, 9.17) is 9.47 Å². The number of methoxy groups -OCH3 is 2. The first-order valence-electron chi connectivity index (χ1n) is 5.99. The van der Waals surface area contributed by atoms with Crippen LogP contribution in [0.4, 0.5) is 0 Å². The highest BCUT2D eigenvalue weighted by Crippen LogP contribution is 2.21. The van der Waals surface area contributed by atoms with Gasteiger partial charge in [0.2, 0.25) is 0 Å². The van der Waals surface area contributed by atoms with E-state index in [-0.39, 0.29) is 0 Å². The highest BCUT2D eigenvalue weighted by Gasteiger charge is 2.01. The van der Waals surface area contributed by atoms with Crippen LogP contribution in [-0.2, 0) is 6.42 Å². The summed E-state index contributed by atoms with van der Waals surface area (Å²) >= 11 is 0. The minimum Gasteiger partial charge on any atom is -0.497 e. The van der Waals surface area contributed by atoms with Crippen LogP contribution >= 0.6 is 0 Å². The van der Waals surface area contributed by atoms with E-state index in [1.54, 1.807) is 14.2 Å². The van der Waals surface area contributed by atoms with Gasteiger partial charge in [0.05, 0.1) is 14.2 Å². The van der Waals surface area contributed by atoms with Crippen molar-refractivity contribution in [2.24, 2.45) is 0 Å². The largest absolute Gasteiger partial charge is 0.497 e. The smallest absolute Gasteiger partial charge is 0.121 e.